The van der Waals surface area contributed by atoms with Gasteiger partial charge in [0.05, 0.1) is 16.7 Å². The van der Waals surface area contributed by atoms with E-state index >= 15 is 0 Å². The fraction of sp³-hybridized carbons (Fsp3) is 0.579. The van der Waals surface area contributed by atoms with Gasteiger partial charge in [0.2, 0.25) is 10.0 Å². The van der Waals surface area contributed by atoms with E-state index in [1.165, 1.54) is 19.1 Å². The van der Waals surface area contributed by atoms with Gasteiger partial charge in [-0.05, 0) is 58.7 Å². The van der Waals surface area contributed by atoms with Crippen molar-refractivity contribution in [3.05, 3.63) is 28.8 Å². The van der Waals surface area contributed by atoms with Crippen LogP contribution in [0.3, 0.4) is 0 Å². The maximum Gasteiger partial charge on any atom is 0.338 e. The van der Waals surface area contributed by atoms with Crippen LogP contribution < -0.4 is 10.0 Å². The molecule has 1 aliphatic heterocycles. The molecule has 2 atom stereocenters. The highest BCUT2D eigenvalue weighted by atomic mass is 35.5. The van der Waals surface area contributed by atoms with Gasteiger partial charge in [-0.1, -0.05) is 11.6 Å². The van der Waals surface area contributed by atoms with Gasteiger partial charge in [0.25, 0.3) is 5.91 Å². The van der Waals surface area contributed by atoms with Crippen LogP contribution in [0.5, 0.6) is 0 Å². The monoisotopic (exact) mass is 446 g/mol. The molecule has 0 radical (unpaired) electrons. The maximum atomic E-state index is 12.6. The number of sulfonamides is 1. The van der Waals surface area contributed by atoms with Crippen LogP contribution in [0.4, 0.5) is 0 Å². The zero-order valence-electron chi connectivity index (χ0n) is 17.0. The van der Waals surface area contributed by atoms with Crippen molar-refractivity contribution in [3.8, 4) is 0 Å². The van der Waals surface area contributed by atoms with Crippen molar-refractivity contribution in [2.24, 2.45) is 0 Å². The van der Waals surface area contributed by atoms with Crippen LogP contribution in [-0.4, -0.2) is 51.2 Å². The Kier molecular flexibility index (Phi) is 7.67. The van der Waals surface area contributed by atoms with Crippen LogP contribution in [0, 0.1) is 0 Å². The van der Waals surface area contributed by atoms with E-state index in [4.69, 9.17) is 21.1 Å². The fourth-order valence-electron chi connectivity index (χ4n) is 2.68. The first-order chi connectivity index (χ1) is 13.4. The molecule has 0 aromatic heterocycles. The van der Waals surface area contributed by atoms with E-state index in [1.54, 1.807) is 20.8 Å². The zero-order valence-corrected chi connectivity index (χ0v) is 18.5. The highest BCUT2D eigenvalue weighted by Gasteiger charge is 2.26. The molecule has 0 aliphatic carbocycles. The van der Waals surface area contributed by atoms with Crippen LogP contribution in [-0.2, 0) is 24.3 Å². The van der Waals surface area contributed by atoms with Gasteiger partial charge in [0.1, 0.15) is 4.90 Å². The lowest BCUT2D eigenvalue weighted by Crippen LogP contribution is -2.46. The Balaban J connectivity index is 2.10. The van der Waals surface area contributed by atoms with Gasteiger partial charge in [-0.25, -0.2) is 17.9 Å². The minimum absolute atomic E-state index is 0.0256. The average molecular weight is 447 g/mol. The number of halogens is 1. The Hall–Kier alpha value is -1.68. The average Bonchev–Trinajstić information content (AvgIpc) is 3.12. The van der Waals surface area contributed by atoms with Crippen molar-refractivity contribution in [2.75, 3.05) is 13.2 Å². The fourth-order valence-corrected chi connectivity index (χ4v) is 4.27. The predicted molar refractivity (Wildman–Crippen MR) is 108 cm³/mol. The highest BCUT2D eigenvalue weighted by molar-refractivity contribution is 7.89. The summed E-state index contributed by atoms with van der Waals surface area (Å²) in [5, 5.41) is 2.68. The number of benzene rings is 1. The number of nitrogens with one attached hydrogen (secondary N) is 2. The lowest BCUT2D eigenvalue weighted by atomic mass is 10.1. The molecule has 1 saturated heterocycles. The molecule has 10 heteroatoms. The van der Waals surface area contributed by atoms with E-state index in [2.05, 4.69) is 10.0 Å². The number of hydrogen-bond acceptors (Lipinski definition) is 6. The molecule has 29 heavy (non-hydrogen) atoms. The first-order valence-electron chi connectivity index (χ1n) is 9.33. The summed E-state index contributed by atoms with van der Waals surface area (Å²) in [6.45, 7) is 7.58. The van der Waals surface area contributed by atoms with Crippen LogP contribution in [0.15, 0.2) is 23.1 Å². The molecule has 1 aromatic rings. The SMILES string of the molecule is CC(OC(=O)c1ccc(Cl)c(S(=O)(=O)NCC2CCCO2)c1)C(=O)NC(C)(C)C. The Morgan fingerprint density at radius 1 is 1.34 bits per heavy atom. The molecule has 8 nitrogen and oxygen atoms in total. The predicted octanol–water partition coefficient (Wildman–Crippen LogP) is 2.26. The Morgan fingerprint density at radius 2 is 2.03 bits per heavy atom. The maximum absolute atomic E-state index is 12.6. The van der Waals surface area contributed by atoms with Crippen LogP contribution in [0.25, 0.3) is 0 Å². The molecular formula is C19H27ClN2O6S. The van der Waals surface area contributed by atoms with Gasteiger partial charge in [0, 0.05) is 18.7 Å². The summed E-state index contributed by atoms with van der Waals surface area (Å²) in [6, 6.07) is 3.79. The summed E-state index contributed by atoms with van der Waals surface area (Å²) < 4.78 is 38.2. The summed E-state index contributed by atoms with van der Waals surface area (Å²) in [5.74, 6) is -1.28. The normalized spacial score (nSPS) is 18.3. The second-order valence-electron chi connectivity index (χ2n) is 7.92. The van der Waals surface area contributed by atoms with Crippen LogP contribution >= 0.6 is 11.6 Å². The molecule has 0 bridgehead atoms. The third kappa shape index (κ3) is 6.95. The molecule has 1 heterocycles. The number of rotatable bonds is 7. The highest BCUT2D eigenvalue weighted by Crippen LogP contribution is 2.24. The van der Waals surface area contributed by atoms with E-state index in [0.717, 1.165) is 18.9 Å². The van der Waals surface area contributed by atoms with Gasteiger partial charge >= 0.3 is 5.97 Å². The third-order valence-electron chi connectivity index (χ3n) is 4.13. The largest absolute Gasteiger partial charge is 0.449 e. The smallest absolute Gasteiger partial charge is 0.338 e. The molecule has 2 N–H and O–H groups in total. The summed E-state index contributed by atoms with van der Waals surface area (Å²) >= 11 is 6.04. The zero-order chi connectivity index (χ0) is 21.8. The van der Waals surface area contributed by atoms with Crippen molar-refractivity contribution in [3.63, 3.8) is 0 Å². The van der Waals surface area contributed by atoms with Crippen LogP contribution in [0.1, 0.15) is 50.9 Å². The number of amides is 1. The van der Waals surface area contributed by atoms with Crippen molar-refractivity contribution in [1.29, 1.82) is 0 Å². The Bertz CT molecular complexity index is 860. The van der Waals surface area contributed by atoms with Gasteiger partial charge < -0.3 is 14.8 Å². The molecule has 162 valence electrons. The van der Waals surface area contributed by atoms with Crippen molar-refractivity contribution in [1.82, 2.24) is 10.0 Å². The molecule has 1 amide bonds. The van der Waals surface area contributed by atoms with Gasteiger partial charge in [-0.2, -0.15) is 0 Å². The van der Waals surface area contributed by atoms with Crippen molar-refractivity contribution in [2.45, 2.75) is 63.2 Å². The molecule has 1 aliphatic rings. The number of carbonyl (C=O) groups is 2. The number of carbonyl (C=O) groups excluding carboxylic acids is 2. The summed E-state index contributed by atoms with van der Waals surface area (Å²) in [7, 11) is -3.95. The molecule has 2 unspecified atom stereocenters. The van der Waals surface area contributed by atoms with Gasteiger partial charge in [0.15, 0.2) is 6.10 Å². The summed E-state index contributed by atoms with van der Waals surface area (Å²) in [5.41, 5.74) is -0.504. The topological polar surface area (TPSA) is 111 Å². The lowest BCUT2D eigenvalue weighted by Gasteiger charge is -2.23. The van der Waals surface area contributed by atoms with E-state index in [1.807, 2.05) is 0 Å². The second-order valence-corrected chi connectivity index (χ2v) is 10.1. The third-order valence-corrected chi connectivity index (χ3v) is 6.04. The lowest BCUT2D eigenvalue weighted by molar-refractivity contribution is -0.130. The molecule has 0 saturated carbocycles. The van der Waals surface area contributed by atoms with E-state index < -0.39 is 33.5 Å². The van der Waals surface area contributed by atoms with E-state index in [9.17, 15) is 18.0 Å². The standard InChI is InChI=1S/C19H27ClN2O6S/c1-12(17(23)22-19(2,3)4)28-18(24)13-7-8-15(20)16(10-13)29(25,26)21-11-14-6-5-9-27-14/h7-8,10,12,14,21H,5-6,9,11H2,1-4H3,(H,22,23). The molecule has 1 fully saturated rings. The summed E-state index contributed by atoms with van der Waals surface area (Å²) in [6.07, 6.45) is 0.432. The van der Waals surface area contributed by atoms with E-state index in [0.29, 0.717) is 6.61 Å². The van der Waals surface area contributed by atoms with E-state index in [-0.39, 0.29) is 28.1 Å². The number of esters is 1. The Labute approximate surface area is 176 Å². The number of hydrogen-bond donors (Lipinski definition) is 2. The van der Waals surface area contributed by atoms with Gasteiger partial charge in [-0.15, -0.1) is 0 Å². The number of ether oxygens (including phenoxy) is 2. The first-order valence-corrected chi connectivity index (χ1v) is 11.2. The molecular weight excluding hydrogens is 420 g/mol. The van der Waals surface area contributed by atoms with Crippen molar-refractivity contribution >= 4 is 33.5 Å². The Morgan fingerprint density at radius 3 is 2.62 bits per heavy atom. The molecule has 2 rings (SSSR count). The van der Waals surface area contributed by atoms with Crippen molar-refractivity contribution < 1.29 is 27.5 Å². The quantitative estimate of drug-likeness (QED) is 0.621. The minimum Gasteiger partial charge on any atom is -0.449 e. The first kappa shape index (κ1) is 23.6. The van der Waals surface area contributed by atoms with Crippen LogP contribution in [0.2, 0.25) is 5.02 Å². The second kappa shape index (κ2) is 9.42. The summed E-state index contributed by atoms with van der Waals surface area (Å²) in [4.78, 5) is 24.3. The molecule has 0 spiro atoms. The minimum atomic E-state index is -3.95. The van der Waals surface area contributed by atoms with Gasteiger partial charge in [-0.3, -0.25) is 4.79 Å². The molecule has 1 aromatic carbocycles.